The van der Waals surface area contributed by atoms with Crippen LogP contribution in [0.15, 0.2) is 53.4 Å². The molecule has 0 spiro atoms. The van der Waals surface area contributed by atoms with Crippen LogP contribution >= 0.6 is 11.8 Å². The van der Waals surface area contributed by atoms with E-state index >= 15 is 0 Å². The molecule has 6 heteroatoms. The highest BCUT2D eigenvalue weighted by atomic mass is 32.2. The van der Waals surface area contributed by atoms with E-state index in [1.807, 2.05) is 31.2 Å². The van der Waals surface area contributed by atoms with Crippen LogP contribution in [-0.2, 0) is 4.79 Å². The van der Waals surface area contributed by atoms with E-state index in [0.717, 1.165) is 4.90 Å². The van der Waals surface area contributed by atoms with Crippen molar-refractivity contribution in [3.05, 3.63) is 65.5 Å². The maximum Gasteiger partial charge on any atom is 0.254 e. The first-order valence-corrected chi connectivity index (χ1v) is 9.53. The van der Waals surface area contributed by atoms with Crippen LogP contribution in [-0.4, -0.2) is 53.5 Å². The average molecular weight is 372 g/mol. The molecule has 0 N–H and O–H groups in total. The van der Waals surface area contributed by atoms with Crippen molar-refractivity contribution in [3.63, 3.8) is 0 Å². The first-order chi connectivity index (χ1) is 12.5. The summed E-state index contributed by atoms with van der Waals surface area (Å²) in [5.41, 5.74) is 1.54. The molecular weight excluding hydrogens is 351 g/mol. The van der Waals surface area contributed by atoms with E-state index in [4.69, 9.17) is 0 Å². The summed E-state index contributed by atoms with van der Waals surface area (Å²) in [5.74, 6) is -0.141. The highest BCUT2D eigenvalue weighted by Gasteiger charge is 2.24. The molecule has 26 heavy (non-hydrogen) atoms. The van der Waals surface area contributed by atoms with Gasteiger partial charge in [-0.1, -0.05) is 23.8 Å². The standard InChI is InChI=1S/C20H21FN2O2S/c1-15-5-7-18(8-6-15)26-14-19(24)22-9-11-23(12-10-22)20(25)16-3-2-4-17(21)13-16/h2-8,13H,9-12,14H2,1H3. The number of benzene rings is 2. The van der Waals surface area contributed by atoms with Gasteiger partial charge in [0, 0.05) is 36.6 Å². The zero-order valence-electron chi connectivity index (χ0n) is 14.7. The lowest BCUT2D eigenvalue weighted by Crippen LogP contribution is -2.51. The molecular formula is C20H21FN2O2S. The highest BCUT2D eigenvalue weighted by molar-refractivity contribution is 8.00. The number of thioether (sulfide) groups is 1. The van der Waals surface area contributed by atoms with Crippen LogP contribution in [0.3, 0.4) is 0 Å². The SMILES string of the molecule is Cc1ccc(SCC(=O)N2CCN(C(=O)c3cccc(F)c3)CC2)cc1. The third kappa shape index (κ3) is 4.64. The monoisotopic (exact) mass is 372 g/mol. The number of aryl methyl sites for hydroxylation is 1. The van der Waals surface area contributed by atoms with Gasteiger partial charge in [-0.15, -0.1) is 11.8 Å². The van der Waals surface area contributed by atoms with Gasteiger partial charge in [-0.2, -0.15) is 0 Å². The van der Waals surface area contributed by atoms with Crippen molar-refractivity contribution >= 4 is 23.6 Å². The molecule has 0 atom stereocenters. The van der Waals surface area contributed by atoms with E-state index in [1.54, 1.807) is 15.9 Å². The zero-order chi connectivity index (χ0) is 18.5. The predicted molar refractivity (Wildman–Crippen MR) is 101 cm³/mol. The van der Waals surface area contributed by atoms with Crippen molar-refractivity contribution in [2.75, 3.05) is 31.9 Å². The Bertz CT molecular complexity index is 787. The summed E-state index contributed by atoms with van der Waals surface area (Å²) in [6.45, 7) is 3.99. The fourth-order valence-electron chi connectivity index (χ4n) is 2.83. The zero-order valence-corrected chi connectivity index (χ0v) is 15.5. The van der Waals surface area contributed by atoms with Gasteiger partial charge in [-0.25, -0.2) is 4.39 Å². The van der Waals surface area contributed by atoms with Gasteiger partial charge >= 0.3 is 0 Å². The summed E-state index contributed by atoms with van der Waals surface area (Å²) in [6, 6.07) is 13.8. The summed E-state index contributed by atoms with van der Waals surface area (Å²) in [6.07, 6.45) is 0. The minimum atomic E-state index is -0.419. The van der Waals surface area contributed by atoms with E-state index in [9.17, 15) is 14.0 Å². The molecule has 0 radical (unpaired) electrons. The number of halogens is 1. The molecule has 1 aliphatic rings. The van der Waals surface area contributed by atoms with Crippen LogP contribution in [0.4, 0.5) is 4.39 Å². The first-order valence-electron chi connectivity index (χ1n) is 8.55. The lowest BCUT2D eigenvalue weighted by molar-refractivity contribution is -0.129. The van der Waals surface area contributed by atoms with Gasteiger partial charge in [-0.05, 0) is 37.3 Å². The van der Waals surface area contributed by atoms with Crippen LogP contribution < -0.4 is 0 Å². The highest BCUT2D eigenvalue weighted by Crippen LogP contribution is 2.19. The van der Waals surface area contributed by atoms with E-state index in [-0.39, 0.29) is 11.8 Å². The summed E-state index contributed by atoms with van der Waals surface area (Å²) in [5, 5.41) is 0. The van der Waals surface area contributed by atoms with Gasteiger partial charge in [-0.3, -0.25) is 9.59 Å². The molecule has 0 bridgehead atoms. The quantitative estimate of drug-likeness (QED) is 0.774. The van der Waals surface area contributed by atoms with Gasteiger partial charge in [0.05, 0.1) is 5.75 Å². The van der Waals surface area contributed by atoms with Crippen molar-refractivity contribution in [1.29, 1.82) is 0 Å². The molecule has 0 saturated carbocycles. The number of nitrogens with zero attached hydrogens (tertiary/aromatic N) is 2. The molecule has 136 valence electrons. The van der Waals surface area contributed by atoms with Gasteiger partial charge in [0.15, 0.2) is 0 Å². The second kappa shape index (κ2) is 8.36. The van der Waals surface area contributed by atoms with Crippen molar-refractivity contribution < 1.29 is 14.0 Å². The van der Waals surface area contributed by atoms with Crippen molar-refractivity contribution in [2.24, 2.45) is 0 Å². The molecule has 3 rings (SSSR count). The molecule has 2 amide bonds. The summed E-state index contributed by atoms with van der Waals surface area (Å²) < 4.78 is 13.3. The van der Waals surface area contributed by atoms with E-state index in [1.165, 1.54) is 35.5 Å². The van der Waals surface area contributed by atoms with Crippen LogP contribution in [0, 0.1) is 12.7 Å². The second-order valence-electron chi connectivity index (χ2n) is 6.29. The van der Waals surface area contributed by atoms with E-state index < -0.39 is 5.82 Å². The Labute approximate surface area is 157 Å². The Morgan fingerprint density at radius 2 is 1.65 bits per heavy atom. The maximum absolute atomic E-state index is 13.3. The number of rotatable bonds is 4. The van der Waals surface area contributed by atoms with E-state index in [2.05, 4.69) is 0 Å². The lowest BCUT2D eigenvalue weighted by atomic mass is 10.1. The third-order valence-electron chi connectivity index (χ3n) is 4.37. The molecule has 1 aliphatic heterocycles. The Balaban J connectivity index is 1.49. The molecule has 1 fully saturated rings. The van der Waals surface area contributed by atoms with Crippen LogP contribution in [0.2, 0.25) is 0 Å². The molecule has 1 saturated heterocycles. The van der Waals surface area contributed by atoms with Gasteiger partial charge in [0.2, 0.25) is 5.91 Å². The largest absolute Gasteiger partial charge is 0.338 e. The lowest BCUT2D eigenvalue weighted by Gasteiger charge is -2.34. The summed E-state index contributed by atoms with van der Waals surface area (Å²) in [4.78, 5) is 29.3. The number of hydrogen-bond donors (Lipinski definition) is 0. The van der Waals surface area contributed by atoms with Crippen molar-refractivity contribution in [2.45, 2.75) is 11.8 Å². The summed E-state index contributed by atoms with van der Waals surface area (Å²) in [7, 11) is 0. The predicted octanol–water partition coefficient (Wildman–Crippen LogP) is 3.21. The number of carbonyl (C=O) groups excluding carboxylic acids is 2. The number of amides is 2. The minimum absolute atomic E-state index is 0.0772. The molecule has 4 nitrogen and oxygen atoms in total. The number of carbonyl (C=O) groups is 2. The molecule has 0 unspecified atom stereocenters. The average Bonchev–Trinajstić information content (AvgIpc) is 2.67. The Hall–Kier alpha value is -2.34. The molecule has 0 aliphatic carbocycles. The van der Waals surface area contributed by atoms with Crippen LogP contribution in [0.1, 0.15) is 15.9 Å². The first kappa shape index (κ1) is 18.5. The second-order valence-corrected chi connectivity index (χ2v) is 7.33. The van der Waals surface area contributed by atoms with Gasteiger partial charge in [0.1, 0.15) is 5.82 Å². The normalized spacial score (nSPS) is 14.4. The fourth-order valence-corrected chi connectivity index (χ4v) is 3.64. The van der Waals surface area contributed by atoms with Gasteiger partial charge < -0.3 is 9.80 Å². The summed E-state index contributed by atoms with van der Waals surface area (Å²) >= 11 is 1.52. The number of piperazine rings is 1. The van der Waals surface area contributed by atoms with Crippen molar-refractivity contribution in [1.82, 2.24) is 9.80 Å². The fraction of sp³-hybridized carbons (Fsp3) is 0.300. The third-order valence-corrected chi connectivity index (χ3v) is 5.37. The topological polar surface area (TPSA) is 40.6 Å². The maximum atomic E-state index is 13.3. The molecule has 2 aromatic carbocycles. The van der Waals surface area contributed by atoms with Crippen molar-refractivity contribution in [3.8, 4) is 0 Å². The Morgan fingerprint density at radius 3 is 2.31 bits per heavy atom. The number of hydrogen-bond acceptors (Lipinski definition) is 3. The Morgan fingerprint density at radius 1 is 1.00 bits per heavy atom. The Kier molecular flexibility index (Phi) is 5.93. The van der Waals surface area contributed by atoms with Gasteiger partial charge in [0.25, 0.3) is 5.91 Å². The smallest absolute Gasteiger partial charge is 0.254 e. The van der Waals surface area contributed by atoms with E-state index in [0.29, 0.717) is 37.5 Å². The molecule has 1 heterocycles. The van der Waals surface area contributed by atoms with Crippen LogP contribution in [0.25, 0.3) is 0 Å². The minimum Gasteiger partial charge on any atom is -0.338 e. The molecule has 2 aromatic rings. The van der Waals surface area contributed by atoms with Crippen LogP contribution in [0.5, 0.6) is 0 Å². The molecule has 0 aromatic heterocycles.